The lowest BCUT2D eigenvalue weighted by molar-refractivity contribution is -0.124. The second-order valence-electron chi connectivity index (χ2n) is 29.1. The third kappa shape index (κ3) is 13.1. The number of H-pyrrole nitrogens is 2. The van der Waals surface area contributed by atoms with Crippen molar-refractivity contribution in [2.75, 3.05) is 26.2 Å². The predicted octanol–water partition coefficient (Wildman–Crippen LogP) is 22.0. The van der Waals surface area contributed by atoms with Gasteiger partial charge in [0.2, 0.25) is 0 Å². The number of carbonyl (C=O) groups is 4. The summed E-state index contributed by atoms with van der Waals surface area (Å²) in [5.41, 5.74) is 15.2. The van der Waals surface area contributed by atoms with Gasteiger partial charge in [-0.25, -0.2) is 9.97 Å². The Balaban J connectivity index is 0.834. The molecule has 0 aliphatic carbocycles. The zero-order chi connectivity index (χ0) is 76.7. The van der Waals surface area contributed by atoms with Crippen molar-refractivity contribution in [1.82, 2.24) is 39.5 Å². The Labute approximate surface area is 667 Å². The molecule has 554 valence electrons. The Kier molecular flexibility index (Phi) is 20.6. The van der Waals surface area contributed by atoms with Gasteiger partial charge in [0.05, 0.1) is 119 Å². The van der Waals surface area contributed by atoms with Crippen molar-refractivity contribution in [1.29, 1.82) is 10.5 Å². The summed E-state index contributed by atoms with van der Waals surface area (Å²) >= 11 is 5.57. The summed E-state index contributed by atoms with van der Waals surface area (Å²) < 4.78 is 0. The molecule has 11 aromatic rings. The molecule has 0 spiro atoms. The topological polar surface area (TPSA) is 186 Å². The van der Waals surface area contributed by atoms with Crippen LogP contribution >= 0.6 is 45.3 Å². The number of nitrogens with zero attached hydrogens (tertiary/aromatic N) is 8. The highest BCUT2D eigenvalue weighted by molar-refractivity contribution is 7.15. The molecule has 14 nitrogen and oxygen atoms in total. The maximum absolute atomic E-state index is 15.3. The molecule has 18 heteroatoms. The molecule has 6 aliphatic heterocycles. The van der Waals surface area contributed by atoms with E-state index in [1.54, 1.807) is 21.9 Å². The molecular weight excluding hydrogens is 1460 g/mol. The van der Waals surface area contributed by atoms with Crippen molar-refractivity contribution in [2.45, 2.75) is 130 Å². The first-order valence-corrected chi connectivity index (χ1v) is 42.5. The van der Waals surface area contributed by atoms with Crippen molar-refractivity contribution in [3.05, 3.63) is 230 Å². The number of carbonyl (C=O) groups excluding carboxylic acids is 4. The number of unbranched alkanes of at least 4 members (excludes halogenated alkanes) is 12. The number of benzene rings is 4. The molecule has 4 aromatic carbocycles. The molecule has 13 heterocycles. The highest BCUT2D eigenvalue weighted by Gasteiger charge is 2.51. The fourth-order valence-corrected chi connectivity index (χ4v) is 20.1. The molecule has 0 radical (unpaired) electrons. The zero-order valence-corrected chi connectivity index (χ0v) is 66.3. The number of aromatic amines is 2. The standard InChI is InChI=1S/C94H80N10O4S4/c1-5-9-13-25-49-101-87(79-81(93(101)107)89(77-47-41-59(55-95)111-77)103(91(79)105)51-27-15-11-7-3)75-45-39-57(109-75)37-43-69-83-65-33-21-17-29-61(65)71(97-83)53-73-63-31-19-23-35-67(63)85(99-73)70(86-68-36-24-20-32-64(68)74(100-86)54-72-62-30-18-22-34-66(62)84(69)98-72)44-38-58-40-46-76(110-58)88-80-82(94(108)102(88)50-26-14-10-6-2)90(78-48-42-60(56-96)112-78)104(92(80)106)52-28-16-12-8-4/h17-24,29-36,39-42,45-48,53-54,97,100H,5-16,25-28,49-52H2,1-4H3. The molecule has 112 heavy (non-hydrogen) atoms. The number of thiophene rings is 4. The van der Waals surface area contributed by atoms with E-state index in [0.29, 0.717) is 104 Å². The molecule has 0 saturated heterocycles. The second kappa shape index (κ2) is 31.6. The molecule has 7 aromatic heterocycles. The van der Waals surface area contributed by atoms with Gasteiger partial charge in [-0.05, 0) is 86.3 Å². The van der Waals surface area contributed by atoms with Crippen LogP contribution in [0.15, 0.2) is 180 Å². The first-order valence-electron chi connectivity index (χ1n) is 39.3. The fraction of sp³-hybridized carbons (Fsp3) is 0.255. The van der Waals surface area contributed by atoms with Crippen molar-refractivity contribution < 1.29 is 19.2 Å². The molecule has 0 fully saturated rings. The SMILES string of the molecule is CCCCCCN1C(=O)C2=C(c3ccc(C#Cc4c5nc(cc6[nH]c(c(C#Cc7ccc(C8=C9C(=O)N(CCCCCC)C(c%10ccc(C#N)s%10)=C9C(=O)N8CCCCCC)s7)c7nc(cc8[nH]c4c4ccccc84)-c4ccccc4-7)c4ccccc64)-c4ccccc4-5)s3)N(CCCCCC)C(=O)C2=C1c1ccc(C#N)s1. The minimum Gasteiger partial charge on any atom is -0.353 e. The van der Waals surface area contributed by atoms with Gasteiger partial charge in [-0.2, -0.15) is 10.5 Å². The van der Waals surface area contributed by atoms with Crippen molar-refractivity contribution in [2.24, 2.45) is 0 Å². The number of hydrogen-bond acceptors (Lipinski definition) is 12. The van der Waals surface area contributed by atoms with E-state index in [-0.39, 0.29) is 23.6 Å². The molecular formula is C94H80N10O4S4. The number of fused-ring (bicyclic) bond motifs is 22. The highest BCUT2D eigenvalue weighted by Crippen LogP contribution is 2.52. The van der Waals surface area contributed by atoms with Gasteiger partial charge in [0.25, 0.3) is 23.6 Å². The Morgan fingerprint density at radius 2 is 0.634 bits per heavy atom. The van der Waals surface area contributed by atoms with Gasteiger partial charge in [0.15, 0.2) is 0 Å². The normalized spacial score (nSPS) is 14.3. The summed E-state index contributed by atoms with van der Waals surface area (Å²) in [6.07, 6.45) is 15.2. The largest absolute Gasteiger partial charge is 0.353 e. The van der Waals surface area contributed by atoms with Gasteiger partial charge in [0, 0.05) is 81.0 Å². The van der Waals surface area contributed by atoms with Crippen molar-refractivity contribution in [3.63, 3.8) is 0 Å². The molecule has 6 aliphatic rings. The van der Waals surface area contributed by atoms with Crippen molar-refractivity contribution >= 4 is 135 Å². The highest BCUT2D eigenvalue weighted by atomic mass is 32.1. The molecule has 0 saturated carbocycles. The van der Waals surface area contributed by atoms with Crippen LogP contribution in [-0.2, 0) is 19.2 Å². The minimum absolute atomic E-state index is 0.188. The van der Waals surface area contributed by atoms with Crippen LogP contribution in [-0.4, -0.2) is 89.3 Å². The summed E-state index contributed by atoms with van der Waals surface area (Å²) in [4.78, 5) is 93.0. The van der Waals surface area contributed by atoms with E-state index in [0.717, 1.165) is 209 Å². The molecule has 0 atom stereocenters. The molecule has 2 N–H and O–H groups in total. The average molecular weight is 1540 g/mol. The van der Waals surface area contributed by atoms with Gasteiger partial charge >= 0.3 is 0 Å². The summed E-state index contributed by atoms with van der Waals surface area (Å²) in [6.45, 7) is 10.5. The van der Waals surface area contributed by atoms with E-state index in [9.17, 15) is 10.5 Å². The minimum atomic E-state index is -0.188. The Morgan fingerprint density at radius 3 is 0.946 bits per heavy atom. The van der Waals surface area contributed by atoms with Crippen LogP contribution in [0.4, 0.5) is 0 Å². The summed E-state index contributed by atoms with van der Waals surface area (Å²) in [5, 5.41) is 23.8. The van der Waals surface area contributed by atoms with Gasteiger partial charge in [-0.15, -0.1) is 45.3 Å². The summed E-state index contributed by atoms with van der Waals surface area (Å²) in [5.74, 6) is 14.0. The quantitative estimate of drug-likeness (QED) is 0.0442. The maximum Gasteiger partial charge on any atom is 0.261 e. The molecule has 0 unspecified atom stereocenters. The number of rotatable bonds is 24. The van der Waals surface area contributed by atoms with Crippen LogP contribution in [0.3, 0.4) is 0 Å². The number of amides is 4. The van der Waals surface area contributed by atoms with Gasteiger partial charge < -0.3 is 29.6 Å². The van der Waals surface area contributed by atoms with Crippen LogP contribution in [0, 0.1) is 46.3 Å². The lowest BCUT2D eigenvalue weighted by Crippen LogP contribution is -2.30. The molecule has 17 rings (SSSR count). The summed E-state index contributed by atoms with van der Waals surface area (Å²) in [6, 6.07) is 57.4. The fourth-order valence-electron chi connectivity index (χ4n) is 16.5. The second-order valence-corrected chi connectivity index (χ2v) is 33.4. The Morgan fingerprint density at radius 1 is 0.339 bits per heavy atom. The van der Waals surface area contributed by atoms with Gasteiger partial charge in [-0.3, -0.25) is 19.2 Å². The first kappa shape index (κ1) is 73.1. The van der Waals surface area contributed by atoms with E-state index in [1.807, 2.05) is 94.7 Å². The van der Waals surface area contributed by atoms with E-state index in [4.69, 9.17) is 9.97 Å². The van der Waals surface area contributed by atoms with Crippen LogP contribution in [0.5, 0.6) is 0 Å². The van der Waals surface area contributed by atoms with Gasteiger partial charge in [0.1, 0.15) is 21.9 Å². The smallest absolute Gasteiger partial charge is 0.261 e. The lowest BCUT2D eigenvalue weighted by Gasteiger charge is -2.24. The Bertz CT molecular complexity index is 5920. The first-order chi connectivity index (χ1) is 55.0. The van der Waals surface area contributed by atoms with Crippen LogP contribution in [0.25, 0.3) is 111 Å². The number of nitriles is 2. The summed E-state index contributed by atoms with van der Waals surface area (Å²) in [7, 11) is 0. The molecule has 4 amide bonds. The van der Waals surface area contributed by atoms with Gasteiger partial charge in [-0.1, -0.05) is 225 Å². The lowest BCUT2D eigenvalue weighted by atomic mass is 10.0. The predicted molar refractivity (Wildman–Crippen MR) is 455 cm³/mol. The monoisotopic (exact) mass is 1540 g/mol. The zero-order valence-electron chi connectivity index (χ0n) is 63.0. The van der Waals surface area contributed by atoms with E-state index >= 15 is 19.2 Å². The van der Waals surface area contributed by atoms with Crippen LogP contribution in [0.1, 0.15) is 181 Å². The number of hydrogen-bond donors (Lipinski definition) is 2. The number of aromatic nitrogens is 4. The van der Waals surface area contributed by atoms with Crippen molar-refractivity contribution in [3.8, 4) is 80.8 Å². The maximum atomic E-state index is 15.3. The Hall–Kier alpha value is -11.7. The third-order valence-corrected chi connectivity index (χ3v) is 25.9. The van der Waals surface area contributed by atoms with Crippen LogP contribution in [0.2, 0.25) is 0 Å². The third-order valence-electron chi connectivity index (χ3n) is 21.9. The van der Waals surface area contributed by atoms with E-state index < -0.39 is 0 Å². The number of nitrogens with one attached hydrogen (secondary N) is 2. The van der Waals surface area contributed by atoms with Crippen LogP contribution < -0.4 is 0 Å². The molecule has 8 bridgehead atoms. The average Bonchev–Trinajstić information content (AvgIpc) is 1.56. The van der Waals surface area contributed by atoms with E-state index in [2.05, 4.69) is 134 Å². The van der Waals surface area contributed by atoms with E-state index in [1.165, 1.54) is 45.3 Å².